The molecule has 2 aromatic heterocycles. The fourth-order valence-electron chi connectivity index (χ4n) is 2.84. The molecule has 0 N–H and O–H groups in total. The first-order chi connectivity index (χ1) is 12.8. The molecule has 0 unspecified atom stereocenters. The number of hydrogen-bond donors (Lipinski definition) is 0. The molecule has 2 aromatic carbocycles. The number of ketones is 1. The molecular formula is C21H13N3O2. The summed E-state index contributed by atoms with van der Waals surface area (Å²) in [5.41, 5.74) is 3.23. The fourth-order valence-corrected chi connectivity index (χ4v) is 2.84. The van der Waals surface area contributed by atoms with E-state index in [-0.39, 0.29) is 17.2 Å². The molecule has 2 heterocycles. The van der Waals surface area contributed by atoms with Crippen molar-refractivity contribution in [3.63, 3.8) is 0 Å². The van der Waals surface area contributed by atoms with E-state index in [2.05, 4.69) is 11.1 Å². The number of furan rings is 1. The number of aromatic nitrogens is 2. The minimum atomic E-state index is -0.300. The number of benzene rings is 2. The lowest BCUT2D eigenvalue weighted by Gasteiger charge is -2.10. The first kappa shape index (κ1) is 15.6. The third-order valence-electron chi connectivity index (χ3n) is 4.08. The van der Waals surface area contributed by atoms with E-state index in [1.807, 2.05) is 48.5 Å². The molecule has 0 amide bonds. The average Bonchev–Trinajstić information content (AvgIpc) is 3.39. The molecule has 0 aliphatic heterocycles. The number of imidazole rings is 1. The van der Waals surface area contributed by atoms with Gasteiger partial charge in [0, 0.05) is 11.8 Å². The molecule has 0 radical (unpaired) electrons. The molecular weight excluding hydrogens is 326 g/mol. The van der Waals surface area contributed by atoms with Crippen LogP contribution in [0.2, 0.25) is 0 Å². The van der Waals surface area contributed by atoms with Crippen LogP contribution in [0.1, 0.15) is 21.8 Å². The van der Waals surface area contributed by atoms with E-state index in [1.165, 1.54) is 12.6 Å². The summed E-state index contributed by atoms with van der Waals surface area (Å²) in [4.78, 5) is 16.5. The minimum Gasteiger partial charge on any atom is -0.461 e. The third kappa shape index (κ3) is 2.70. The Bertz CT molecular complexity index is 1100. The molecule has 4 rings (SSSR count). The largest absolute Gasteiger partial charge is 0.461 e. The van der Waals surface area contributed by atoms with Crippen molar-refractivity contribution in [1.82, 2.24) is 9.55 Å². The van der Waals surface area contributed by atoms with E-state index in [1.54, 1.807) is 22.9 Å². The highest BCUT2D eigenvalue weighted by Gasteiger charge is 2.17. The van der Waals surface area contributed by atoms with Gasteiger partial charge in [-0.3, -0.25) is 4.79 Å². The second-order valence-electron chi connectivity index (χ2n) is 5.65. The Labute approximate surface area is 149 Å². The first-order valence-corrected chi connectivity index (χ1v) is 7.99. The topological polar surface area (TPSA) is 71.8 Å². The van der Waals surface area contributed by atoms with Crippen LogP contribution in [-0.4, -0.2) is 15.3 Å². The zero-order valence-corrected chi connectivity index (χ0v) is 13.7. The maximum atomic E-state index is 12.4. The monoisotopic (exact) mass is 339 g/mol. The predicted octanol–water partition coefficient (Wildman–Crippen LogP) is 4.23. The predicted molar refractivity (Wildman–Crippen MR) is 95.9 cm³/mol. The summed E-state index contributed by atoms with van der Waals surface area (Å²) < 4.78 is 6.82. The van der Waals surface area contributed by atoms with Crippen molar-refractivity contribution in [2.24, 2.45) is 0 Å². The summed E-state index contributed by atoms with van der Waals surface area (Å²) >= 11 is 0. The Morgan fingerprint density at radius 3 is 2.62 bits per heavy atom. The van der Waals surface area contributed by atoms with Gasteiger partial charge in [-0.25, -0.2) is 4.98 Å². The summed E-state index contributed by atoms with van der Waals surface area (Å²) in [6.07, 6.45) is 4.58. The smallest absolute Gasteiger partial charge is 0.248 e. The van der Waals surface area contributed by atoms with Crippen LogP contribution in [0.4, 0.5) is 0 Å². The molecule has 0 fully saturated rings. The second kappa shape index (κ2) is 6.54. The molecule has 0 bridgehead atoms. The van der Waals surface area contributed by atoms with E-state index < -0.39 is 0 Å². The number of nitriles is 1. The van der Waals surface area contributed by atoms with Crippen molar-refractivity contribution < 1.29 is 9.21 Å². The molecule has 0 saturated heterocycles. The van der Waals surface area contributed by atoms with Crippen molar-refractivity contribution >= 4 is 5.78 Å². The van der Waals surface area contributed by atoms with Crippen LogP contribution in [0.3, 0.4) is 0 Å². The van der Waals surface area contributed by atoms with Crippen molar-refractivity contribution in [2.75, 3.05) is 0 Å². The highest BCUT2D eigenvalue weighted by Crippen LogP contribution is 2.28. The summed E-state index contributed by atoms with van der Waals surface area (Å²) in [6.45, 7) is 0. The van der Waals surface area contributed by atoms with E-state index >= 15 is 0 Å². The van der Waals surface area contributed by atoms with Gasteiger partial charge in [0.2, 0.25) is 5.78 Å². The van der Waals surface area contributed by atoms with Crippen molar-refractivity contribution in [2.45, 2.75) is 0 Å². The molecule has 0 aliphatic rings. The second-order valence-corrected chi connectivity index (χ2v) is 5.65. The molecule has 5 heteroatoms. The van der Waals surface area contributed by atoms with E-state index in [0.29, 0.717) is 11.3 Å². The SMILES string of the molecule is N#Cc1c(-c2ccccc2)cccc1-n1cnc(C(=O)c2ccco2)c1. The first-order valence-electron chi connectivity index (χ1n) is 7.99. The number of nitrogens with zero attached hydrogens (tertiary/aromatic N) is 3. The maximum absolute atomic E-state index is 12.4. The summed E-state index contributed by atoms with van der Waals surface area (Å²) in [5, 5.41) is 9.72. The van der Waals surface area contributed by atoms with E-state index in [0.717, 1.165) is 11.1 Å². The van der Waals surface area contributed by atoms with Crippen LogP contribution >= 0.6 is 0 Å². The van der Waals surface area contributed by atoms with Gasteiger partial charge < -0.3 is 8.98 Å². The van der Waals surface area contributed by atoms with Gasteiger partial charge in [0.15, 0.2) is 5.76 Å². The molecule has 4 aromatic rings. The average molecular weight is 339 g/mol. The summed E-state index contributed by atoms with van der Waals surface area (Å²) in [6, 6.07) is 20.8. The molecule has 0 aliphatic carbocycles. The van der Waals surface area contributed by atoms with E-state index in [4.69, 9.17) is 4.42 Å². The molecule has 124 valence electrons. The normalized spacial score (nSPS) is 10.4. The lowest BCUT2D eigenvalue weighted by atomic mass is 9.99. The number of hydrogen-bond acceptors (Lipinski definition) is 4. The summed E-state index contributed by atoms with van der Waals surface area (Å²) in [5.74, 6) is -0.0692. The molecule has 0 atom stereocenters. The quantitative estimate of drug-likeness (QED) is 0.522. The van der Waals surface area contributed by atoms with Crippen molar-refractivity contribution in [3.05, 3.63) is 96.5 Å². The Balaban J connectivity index is 1.78. The van der Waals surface area contributed by atoms with Crippen LogP contribution in [0.5, 0.6) is 0 Å². The van der Waals surface area contributed by atoms with E-state index in [9.17, 15) is 10.1 Å². The standard InChI is InChI=1S/C21H13N3O2/c22-12-17-16(15-6-2-1-3-7-15)8-4-9-19(17)24-13-18(23-14-24)21(25)20-10-5-11-26-20/h1-11,13-14H. The van der Waals surface area contributed by atoms with Crippen molar-refractivity contribution in [3.8, 4) is 22.9 Å². The zero-order valence-electron chi connectivity index (χ0n) is 13.7. The fraction of sp³-hybridized carbons (Fsp3) is 0. The van der Waals surface area contributed by atoms with Gasteiger partial charge in [0.05, 0.1) is 17.5 Å². The number of carbonyl (C=O) groups is 1. The van der Waals surface area contributed by atoms with Gasteiger partial charge in [0.25, 0.3) is 0 Å². The Hall–Kier alpha value is -3.91. The number of rotatable bonds is 4. The Morgan fingerprint density at radius 1 is 1.04 bits per heavy atom. The molecule has 5 nitrogen and oxygen atoms in total. The van der Waals surface area contributed by atoms with Gasteiger partial charge in [0.1, 0.15) is 18.1 Å². The van der Waals surface area contributed by atoms with Crippen LogP contribution < -0.4 is 0 Å². The lowest BCUT2D eigenvalue weighted by molar-refractivity contribution is 0.100. The lowest BCUT2D eigenvalue weighted by Crippen LogP contribution is -2.00. The van der Waals surface area contributed by atoms with Gasteiger partial charge >= 0.3 is 0 Å². The van der Waals surface area contributed by atoms with Crippen LogP contribution in [0, 0.1) is 11.3 Å². The van der Waals surface area contributed by atoms with Crippen LogP contribution in [0.15, 0.2) is 83.9 Å². The Kier molecular flexibility index (Phi) is 3.92. The highest BCUT2D eigenvalue weighted by atomic mass is 16.3. The zero-order chi connectivity index (χ0) is 17.9. The molecule has 26 heavy (non-hydrogen) atoms. The maximum Gasteiger partial charge on any atom is 0.248 e. The van der Waals surface area contributed by atoms with Gasteiger partial charge in [-0.05, 0) is 23.8 Å². The van der Waals surface area contributed by atoms with Crippen molar-refractivity contribution in [1.29, 1.82) is 5.26 Å². The summed E-state index contributed by atoms with van der Waals surface area (Å²) in [7, 11) is 0. The van der Waals surface area contributed by atoms with Gasteiger partial charge in [-0.15, -0.1) is 0 Å². The highest BCUT2D eigenvalue weighted by molar-refractivity contribution is 6.05. The van der Waals surface area contributed by atoms with Gasteiger partial charge in [-0.2, -0.15) is 5.26 Å². The minimum absolute atomic E-state index is 0.230. The molecule has 0 saturated carbocycles. The number of carbonyl (C=O) groups excluding carboxylic acids is 1. The molecule has 0 spiro atoms. The van der Waals surface area contributed by atoms with Crippen LogP contribution in [-0.2, 0) is 0 Å². The Morgan fingerprint density at radius 2 is 1.88 bits per heavy atom. The third-order valence-corrected chi connectivity index (χ3v) is 4.08. The van der Waals surface area contributed by atoms with Crippen LogP contribution in [0.25, 0.3) is 16.8 Å². The van der Waals surface area contributed by atoms with Gasteiger partial charge in [-0.1, -0.05) is 42.5 Å².